The number of unbranched alkanes of at least 4 members (excludes halogenated alkanes) is 3. The van der Waals surface area contributed by atoms with E-state index in [-0.39, 0.29) is 5.97 Å². The summed E-state index contributed by atoms with van der Waals surface area (Å²) >= 11 is 0. The van der Waals surface area contributed by atoms with Gasteiger partial charge in [0.2, 0.25) is 0 Å². The fraction of sp³-hybridized carbons (Fsp3) is 0.967. The van der Waals surface area contributed by atoms with Crippen LogP contribution in [-0.4, -0.2) is 25.8 Å². The number of esters is 1. The third-order valence-electron chi connectivity index (χ3n) is 5.03. The number of ether oxygens (including phenoxy) is 2. The Hall–Kier alpha value is -0.570. The Bertz CT molecular complexity index is 326. The average Bonchev–Trinajstić information content (AvgIpc) is 2.79. The molecule has 0 rings (SSSR count). The maximum Gasteiger partial charge on any atom is 0.305 e. The van der Waals surface area contributed by atoms with Crippen LogP contribution < -0.4 is 0 Å². The molecule has 3 nitrogen and oxygen atoms in total. The zero-order valence-corrected chi connectivity index (χ0v) is 25.1. The van der Waals surface area contributed by atoms with Crippen molar-refractivity contribution in [3.05, 3.63) is 0 Å². The molecule has 0 aromatic rings. The number of carbonyl (C=O) groups excluding carboxylic acids is 1. The zero-order valence-electron chi connectivity index (χ0n) is 25.1. The summed E-state index contributed by atoms with van der Waals surface area (Å²) < 4.78 is 10.2. The van der Waals surface area contributed by atoms with Gasteiger partial charge in [-0.2, -0.15) is 0 Å². The molecule has 0 aliphatic rings. The average molecular weight is 475 g/mol. The van der Waals surface area contributed by atoms with Gasteiger partial charge in [-0.3, -0.25) is 4.79 Å². The summed E-state index contributed by atoms with van der Waals surface area (Å²) in [5, 5.41) is 0. The van der Waals surface area contributed by atoms with E-state index >= 15 is 0 Å². The standard InChI is InChI=1S/C11H24O.C8H18.C7H14O2.C4H10/c1-4-7-8-11(6-3)10-12-9-5-2;1-4-6-7-8(3)5-2;1-3-5-6-7(8)9-4-2;1-4(2)3/h11H,4-10H2,1-3H3;8H,4-7H2,1-3H3;3-6H2,1-2H3;4H,1-3H3. The third kappa shape index (κ3) is 49.6. The van der Waals surface area contributed by atoms with Crippen molar-refractivity contribution in [1.82, 2.24) is 0 Å². The molecule has 204 valence electrons. The van der Waals surface area contributed by atoms with Crippen LogP contribution >= 0.6 is 0 Å². The molecular formula is C30H66O3. The van der Waals surface area contributed by atoms with Crippen LogP contribution in [0.3, 0.4) is 0 Å². The predicted molar refractivity (Wildman–Crippen MR) is 150 cm³/mol. The van der Waals surface area contributed by atoms with Gasteiger partial charge in [0.1, 0.15) is 0 Å². The first-order valence-corrected chi connectivity index (χ1v) is 14.4. The minimum Gasteiger partial charge on any atom is -0.466 e. The predicted octanol–water partition coefficient (Wildman–Crippen LogP) is 10.3. The van der Waals surface area contributed by atoms with Crippen LogP contribution in [0.25, 0.3) is 0 Å². The Balaban J connectivity index is -0.000000180. The summed E-state index contributed by atoms with van der Waals surface area (Å²) in [6.45, 7) is 26.3. The highest BCUT2D eigenvalue weighted by molar-refractivity contribution is 5.69. The smallest absolute Gasteiger partial charge is 0.305 e. The Morgan fingerprint density at radius 2 is 1.21 bits per heavy atom. The number of hydrogen-bond acceptors (Lipinski definition) is 3. The second-order valence-electron chi connectivity index (χ2n) is 9.79. The zero-order chi connectivity index (χ0) is 26.3. The van der Waals surface area contributed by atoms with Crippen LogP contribution in [0.15, 0.2) is 0 Å². The molecule has 0 radical (unpaired) electrons. The Labute approximate surface area is 211 Å². The van der Waals surface area contributed by atoms with Crippen LogP contribution in [0.5, 0.6) is 0 Å². The van der Waals surface area contributed by atoms with E-state index in [0.717, 1.165) is 50.2 Å². The van der Waals surface area contributed by atoms with Crippen molar-refractivity contribution in [2.45, 2.75) is 153 Å². The highest BCUT2D eigenvalue weighted by Gasteiger charge is 2.04. The topological polar surface area (TPSA) is 35.5 Å². The molecule has 0 saturated heterocycles. The van der Waals surface area contributed by atoms with E-state index < -0.39 is 0 Å². The van der Waals surface area contributed by atoms with Crippen LogP contribution in [0.2, 0.25) is 0 Å². The van der Waals surface area contributed by atoms with Crippen LogP contribution in [-0.2, 0) is 14.3 Å². The molecule has 0 aromatic heterocycles. The fourth-order valence-corrected chi connectivity index (χ4v) is 2.60. The normalized spacial score (nSPS) is 11.8. The summed E-state index contributed by atoms with van der Waals surface area (Å²) in [4.78, 5) is 10.6. The minimum atomic E-state index is -0.0700. The molecule has 0 bridgehead atoms. The molecule has 0 aliphatic carbocycles. The Morgan fingerprint density at radius 3 is 1.61 bits per heavy atom. The largest absolute Gasteiger partial charge is 0.466 e. The second-order valence-corrected chi connectivity index (χ2v) is 9.79. The van der Waals surface area contributed by atoms with Crippen LogP contribution in [0.1, 0.15) is 153 Å². The van der Waals surface area contributed by atoms with E-state index in [1.807, 2.05) is 6.92 Å². The molecule has 0 aliphatic heterocycles. The minimum absolute atomic E-state index is 0.0700. The van der Waals surface area contributed by atoms with Gasteiger partial charge in [-0.1, -0.05) is 121 Å². The van der Waals surface area contributed by atoms with Gasteiger partial charge in [0, 0.05) is 19.6 Å². The van der Waals surface area contributed by atoms with E-state index in [4.69, 9.17) is 9.47 Å². The molecule has 0 N–H and O–H groups in total. The first-order chi connectivity index (χ1) is 15.7. The Morgan fingerprint density at radius 1 is 0.697 bits per heavy atom. The summed E-state index contributed by atoms with van der Waals surface area (Å²) in [7, 11) is 0. The highest BCUT2D eigenvalue weighted by atomic mass is 16.5. The molecule has 0 spiro atoms. The van der Waals surface area contributed by atoms with Crippen molar-refractivity contribution >= 4 is 5.97 Å². The molecular weight excluding hydrogens is 408 g/mol. The summed E-state index contributed by atoms with van der Waals surface area (Å²) in [6, 6.07) is 0. The van der Waals surface area contributed by atoms with Crippen molar-refractivity contribution < 1.29 is 14.3 Å². The van der Waals surface area contributed by atoms with Gasteiger partial charge >= 0.3 is 5.97 Å². The first kappa shape index (κ1) is 39.6. The van der Waals surface area contributed by atoms with Gasteiger partial charge in [0.05, 0.1) is 6.61 Å². The molecule has 0 aromatic carbocycles. The monoisotopic (exact) mass is 475 g/mol. The van der Waals surface area contributed by atoms with Crippen molar-refractivity contribution in [3.8, 4) is 0 Å². The number of rotatable bonds is 16. The lowest BCUT2D eigenvalue weighted by molar-refractivity contribution is -0.143. The van der Waals surface area contributed by atoms with E-state index in [1.54, 1.807) is 0 Å². The van der Waals surface area contributed by atoms with E-state index in [9.17, 15) is 4.79 Å². The maximum absolute atomic E-state index is 10.6. The summed E-state index contributed by atoms with van der Waals surface area (Å²) in [6.07, 6.45) is 14.5. The molecule has 3 heteroatoms. The van der Waals surface area contributed by atoms with Crippen molar-refractivity contribution in [1.29, 1.82) is 0 Å². The van der Waals surface area contributed by atoms with Gasteiger partial charge in [-0.25, -0.2) is 0 Å². The molecule has 33 heavy (non-hydrogen) atoms. The highest BCUT2D eigenvalue weighted by Crippen LogP contribution is 2.12. The lowest BCUT2D eigenvalue weighted by Gasteiger charge is -2.13. The maximum atomic E-state index is 10.6. The Kier molecular flexibility index (Phi) is 43.2. The molecule has 0 fully saturated rings. The number of carbonyl (C=O) groups is 1. The van der Waals surface area contributed by atoms with Gasteiger partial charge < -0.3 is 9.47 Å². The lowest BCUT2D eigenvalue weighted by atomic mass is 10.0. The van der Waals surface area contributed by atoms with Gasteiger partial charge in [0.25, 0.3) is 0 Å². The van der Waals surface area contributed by atoms with E-state index in [0.29, 0.717) is 13.0 Å². The second kappa shape index (κ2) is 36.0. The van der Waals surface area contributed by atoms with E-state index in [2.05, 4.69) is 69.2 Å². The third-order valence-corrected chi connectivity index (χ3v) is 5.03. The van der Waals surface area contributed by atoms with Crippen LogP contribution in [0, 0.1) is 17.8 Å². The molecule has 0 amide bonds. The molecule has 2 unspecified atom stereocenters. The van der Waals surface area contributed by atoms with Crippen LogP contribution in [0.4, 0.5) is 0 Å². The van der Waals surface area contributed by atoms with Crippen molar-refractivity contribution in [2.24, 2.45) is 17.8 Å². The lowest BCUT2D eigenvalue weighted by Crippen LogP contribution is -2.09. The van der Waals surface area contributed by atoms with Gasteiger partial charge in [-0.05, 0) is 43.9 Å². The van der Waals surface area contributed by atoms with Crippen molar-refractivity contribution in [3.63, 3.8) is 0 Å². The SMILES string of the molecule is CC(C)C.CCCCC(=O)OCC.CCCCC(C)CC.CCCCC(CC)COCCC. The van der Waals surface area contributed by atoms with Crippen molar-refractivity contribution in [2.75, 3.05) is 19.8 Å². The molecule has 2 atom stereocenters. The van der Waals surface area contributed by atoms with Gasteiger partial charge in [0.15, 0.2) is 0 Å². The first-order valence-electron chi connectivity index (χ1n) is 14.4. The molecule has 0 heterocycles. The summed E-state index contributed by atoms with van der Waals surface area (Å²) in [5.74, 6) is 2.52. The summed E-state index contributed by atoms with van der Waals surface area (Å²) in [5.41, 5.74) is 0. The molecule has 0 saturated carbocycles. The quantitative estimate of drug-likeness (QED) is 0.165. The fourth-order valence-electron chi connectivity index (χ4n) is 2.60. The number of hydrogen-bond donors (Lipinski definition) is 0. The van der Waals surface area contributed by atoms with Gasteiger partial charge in [-0.15, -0.1) is 0 Å². The van der Waals surface area contributed by atoms with E-state index in [1.165, 1.54) is 51.4 Å².